The number of aliphatic hydroxyl groups is 1. The molecule has 0 aliphatic carbocycles. The third-order valence-corrected chi connectivity index (χ3v) is 4.84. The lowest BCUT2D eigenvalue weighted by atomic mass is 9.76. The van der Waals surface area contributed by atoms with Crippen LogP contribution in [0.2, 0.25) is 0 Å². The van der Waals surface area contributed by atoms with E-state index in [9.17, 15) is 9.90 Å². The molecule has 3 aromatic rings. The number of esters is 1. The number of quaternary nitrogens is 1. The van der Waals surface area contributed by atoms with E-state index in [0.717, 1.165) is 16.7 Å². The van der Waals surface area contributed by atoms with Gasteiger partial charge in [0.05, 0.1) is 7.11 Å². The van der Waals surface area contributed by atoms with E-state index >= 15 is 0 Å². The number of methoxy groups -OCH3 is 1. The van der Waals surface area contributed by atoms with E-state index in [0.29, 0.717) is 0 Å². The minimum absolute atomic E-state index is 0.319. The quantitative estimate of drug-likeness (QED) is 0.500. The van der Waals surface area contributed by atoms with Crippen LogP contribution in [-0.4, -0.2) is 30.8 Å². The monoisotopic (exact) mass is 362 g/mol. The third-order valence-electron chi connectivity index (χ3n) is 4.84. The summed E-state index contributed by atoms with van der Waals surface area (Å²) in [6, 6.07) is 29.3. The minimum Gasteiger partial charge on any atom is -0.465 e. The molecule has 3 aromatic carbocycles. The Bertz CT molecular complexity index is 754. The van der Waals surface area contributed by atoms with Gasteiger partial charge >= 0.3 is 5.97 Å². The highest BCUT2D eigenvalue weighted by Gasteiger charge is 2.44. The Kier molecular flexibility index (Phi) is 6.01. The number of hydrogen-bond acceptors (Lipinski definition) is 3. The normalized spacial score (nSPS) is 12.4. The van der Waals surface area contributed by atoms with Crippen molar-refractivity contribution >= 4 is 5.97 Å². The summed E-state index contributed by atoms with van der Waals surface area (Å²) in [5, 5.41) is 11.8. The van der Waals surface area contributed by atoms with Gasteiger partial charge in [-0.1, -0.05) is 91.0 Å². The summed E-state index contributed by atoms with van der Waals surface area (Å²) < 4.78 is 4.93. The molecule has 0 spiro atoms. The molecule has 0 radical (unpaired) electrons. The van der Waals surface area contributed by atoms with E-state index in [1.165, 1.54) is 7.11 Å². The second-order valence-electron chi connectivity index (χ2n) is 6.38. The molecular weight excluding hydrogens is 338 g/mol. The van der Waals surface area contributed by atoms with Crippen LogP contribution in [0.3, 0.4) is 0 Å². The van der Waals surface area contributed by atoms with Gasteiger partial charge in [-0.05, 0) is 0 Å². The highest BCUT2D eigenvalue weighted by molar-refractivity contribution is 5.74. The SMILES string of the molecule is COC(=O)[C@H](CO)[NH2+]C(c1ccccc1)(c1ccccc1)c1ccccc1. The maximum absolute atomic E-state index is 12.3. The van der Waals surface area contributed by atoms with Crippen LogP contribution in [0.25, 0.3) is 0 Å². The third kappa shape index (κ3) is 3.77. The van der Waals surface area contributed by atoms with E-state index in [4.69, 9.17) is 4.74 Å². The number of carbonyl (C=O) groups is 1. The van der Waals surface area contributed by atoms with Crippen molar-refractivity contribution in [3.8, 4) is 0 Å². The lowest BCUT2D eigenvalue weighted by Crippen LogP contribution is -3.02. The molecule has 0 bridgehead atoms. The van der Waals surface area contributed by atoms with Crippen molar-refractivity contribution in [3.05, 3.63) is 108 Å². The fourth-order valence-electron chi connectivity index (χ4n) is 3.54. The van der Waals surface area contributed by atoms with Gasteiger partial charge in [-0.25, -0.2) is 4.79 Å². The molecule has 0 aliphatic rings. The zero-order chi connectivity index (χ0) is 19.1. The zero-order valence-corrected chi connectivity index (χ0v) is 15.3. The first-order valence-electron chi connectivity index (χ1n) is 8.93. The molecule has 0 unspecified atom stereocenters. The van der Waals surface area contributed by atoms with Crippen molar-refractivity contribution in [1.29, 1.82) is 0 Å². The zero-order valence-electron chi connectivity index (χ0n) is 15.3. The van der Waals surface area contributed by atoms with E-state index in [-0.39, 0.29) is 6.61 Å². The Morgan fingerprint density at radius 2 is 1.22 bits per heavy atom. The Morgan fingerprint density at radius 1 is 0.852 bits per heavy atom. The van der Waals surface area contributed by atoms with Gasteiger partial charge in [0, 0.05) is 16.7 Å². The van der Waals surface area contributed by atoms with Crippen LogP contribution in [0, 0.1) is 0 Å². The van der Waals surface area contributed by atoms with Crippen LogP contribution >= 0.6 is 0 Å². The first-order chi connectivity index (χ1) is 13.2. The number of rotatable bonds is 7. The van der Waals surface area contributed by atoms with Gasteiger partial charge in [-0.2, -0.15) is 0 Å². The van der Waals surface area contributed by atoms with E-state index < -0.39 is 17.6 Å². The summed E-state index contributed by atoms with van der Waals surface area (Å²) in [6.07, 6.45) is 0. The Morgan fingerprint density at radius 3 is 1.52 bits per heavy atom. The molecule has 1 atom stereocenters. The van der Waals surface area contributed by atoms with Crippen LogP contribution in [0.4, 0.5) is 0 Å². The van der Waals surface area contributed by atoms with Crippen molar-refractivity contribution in [1.82, 2.24) is 0 Å². The second kappa shape index (κ2) is 8.62. The molecule has 0 saturated heterocycles. The van der Waals surface area contributed by atoms with E-state index in [1.807, 2.05) is 96.3 Å². The number of aliphatic hydroxyl groups excluding tert-OH is 1. The van der Waals surface area contributed by atoms with Crippen LogP contribution in [0.1, 0.15) is 16.7 Å². The molecule has 0 amide bonds. The summed E-state index contributed by atoms with van der Waals surface area (Å²) in [5.74, 6) is -0.454. The van der Waals surface area contributed by atoms with Crippen LogP contribution < -0.4 is 5.32 Å². The van der Waals surface area contributed by atoms with Gasteiger partial charge in [0.1, 0.15) is 6.61 Å². The molecule has 27 heavy (non-hydrogen) atoms. The van der Waals surface area contributed by atoms with Crippen molar-refractivity contribution in [2.75, 3.05) is 13.7 Å². The second-order valence-corrected chi connectivity index (χ2v) is 6.38. The van der Waals surface area contributed by atoms with Gasteiger partial charge in [0.25, 0.3) is 0 Å². The summed E-state index contributed by atoms with van der Waals surface area (Å²) in [7, 11) is 1.34. The number of benzene rings is 3. The number of ether oxygens (including phenoxy) is 1. The molecule has 3 rings (SSSR count). The molecule has 4 heteroatoms. The van der Waals surface area contributed by atoms with Crippen molar-refractivity contribution in [2.45, 2.75) is 11.6 Å². The van der Waals surface area contributed by atoms with Crippen LogP contribution in [0.5, 0.6) is 0 Å². The molecule has 0 saturated carbocycles. The highest BCUT2D eigenvalue weighted by Crippen LogP contribution is 2.33. The van der Waals surface area contributed by atoms with Gasteiger partial charge < -0.3 is 15.2 Å². The van der Waals surface area contributed by atoms with Gasteiger partial charge in [-0.15, -0.1) is 0 Å². The Labute approximate surface area is 159 Å². The maximum atomic E-state index is 12.3. The summed E-state index contributed by atoms with van der Waals surface area (Å²) in [6.45, 7) is -0.319. The van der Waals surface area contributed by atoms with E-state index in [1.54, 1.807) is 0 Å². The summed E-state index contributed by atoms with van der Waals surface area (Å²) in [4.78, 5) is 12.3. The molecule has 0 aliphatic heterocycles. The first-order valence-corrected chi connectivity index (χ1v) is 8.93. The molecule has 0 aromatic heterocycles. The average Bonchev–Trinajstić information content (AvgIpc) is 2.76. The minimum atomic E-state index is -0.754. The predicted octanol–water partition coefficient (Wildman–Crippen LogP) is 2.08. The fraction of sp³-hybridized carbons (Fsp3) is 0.174. The standard InChI is InChI=1S/C23H23NO3/c1-27-22(26)21(17-25)24-23(18-11-5-2-6-12-18,19-13-7-3-8-14-19)20-15-9-4-10-16-20/h2-16,21,24-25H,17H2,1H3/p+1/t21-/m0/s1. The van der Waals surface area contributed by atoms with Crippen molar-refractivity contribution in [2.24, 2.45) is 0 Å². The molecule has 0 heterocycles. The summed E-state index contributed by atoms with van der Waals surface area (Å²) >= 11 is 0. The lowest BCUT2D eigenvalue weighted by Gasteiger charge is -2.35. The smallest absolute Gasteiger partial charge is 0.367 e. The molecular formula is C23H24NO3+. The van der Waals surface area contributed by atoms with E-state index in [2.05, 4.69) is 0 Å². The number of nitrogens with two attached hydrogens (primary N) is 1. The highest BCUT2D eigenvalue weighted by atomic mass is 16.5. The maximum Gasteiger partial charge on any atom is 0.367 e. The number of hydrogen-bond donors (Lipinski definition) is 2. The molecule has 0 fully saturated rings. The van der Waals surface area contributed by atoms with Gasteiger partial charge in [-0.3, -0.25) is 0 Å². The fourth-order valence-corrected chi connectivity index (χ4v) is 3.54. The van der Waals surface area contributed by atoms with Gasteiger partial charge in [0.15, 0.2) is 5.54 Å². The van der Waals surface area contributed by atoms with Crippen LogP contribution in [0.15, 0.2) is 91.0 Å². The Hall–Kier alpha value is -2.95. The number of carbonyl (C=O) groups excluding carboxylic acids is 1. The first kappa shape index (κ1) is 18.8. The Balaban J connectivity index is 2.27. The predicted molar refractivity (Wildman–Crippen MR) is 104 cm³/mol. The summed E-state index contributed by atoms with van der Waals surface area (Å²) in [5.41, 5.74) is 2.35. The molecule has 4 nitrogen and oxygen atoms in total. The average molecular weight is 362 g/mol. The van der Waals surface area contributed by atoms with Gasteiger partial charge in [0.2, 0.25) is 6.04 Å². The topological polar surface area (TPSA) is 63.1 Å². The largest absolute Gasteiger partial charge is 0.465 e. The van der Waals surface area contributed by atoms with Crippen molar-refractivity contribution in [3.63, 3.8) is 0 Å². The molecule has 3 N–H and O–H groups in total. The van der Waals surface area contributed by atoms with Crippen molar-refractivity contribution < 1.29 is 20.0 Å². The van der Waals surface area contributed by atoms with Crippen LogP contribution in [-0.2, 0) is 15.1 Å². The lowest BCUT2D eigenvalue weighted by molar-refractivity contribution is -0.738. The molecule has 138 valence electrons.